The largest absolute Gasteiger partial charge is 0.416 e. The number of halogens is 3. The van der Waals surface area contributed by atoms with Gasteiger partial charge in [0.25, 0.3) is 0 Å². The fourth-order valence-corrected chi connectivity index (χ4v) is 3.42. The third kappa shape index (κ3) is 4.73. The molecule has 4 rings (SSSR count). The van der Waals surface area contributed by atoms with E-state index in [0.29, 0.717) is 12.2 Å². The molecule has 1 fully saturated rings. The highest BCUT2D eigenvalue weighted by Crippen LogP contribution is 2.33. The van der Waals surface area contributed by atoms with Crippen LogP contribution in [0.25, 0.3) is 0 Å². The highest BCUT2D eigenvalue weighted by atomic mass is 19.4. The molecule has 1 N–H and O–H groups in total. The maximum atomic E-state index is 13.0. The lowest BCUT2D eigenvalue weighted by molar-refractivity contribution is -0.137. The average molecular weight is 429 g/mol. The molecule has 0 aliphatic carbocycles. The molecule has 31 heavy (non-hydrogen) atoms. The van der Waals surface area contributed by atoms with E-state index in [1.165, 1.54) is 23.4 Å². The zero-order chi connectivity index (χ0) is 22.0. The van der Waals surface area contributed by atoms with Crippen molar-refractivity contribution < 1.29 is 22.8 Å². The molecule has 1 aliphatic rings. The molecule has 3 aromatic rings. The summed E-state index contributed by atoms with van der Waals surface area (Å²) in [5.41, 5.74) is 0.830. The Morgan fingerprint density at radius 3 is 2.61 bits per heavy atom. The number of carbonyl (C=O) groups is 2. The number of hydrogen-bond acceptors (Lipinski definition) is 4. The number of anilines is 2. The van der Waals surface area contributed by atoms with E-state index >= 15 is 0 Å². The summed E-state index contributed by atoms with van der Waals surface area (Å²) in [6, 6.07) is 11.7. The number of carbonyl (C=O) groups excluding carboxylic acids is 2. The molecule has 1 saturated heterocycles. The predicted molar refractivity (Wildman–Crippen MR) is 106 cm³/mol. The number of alkyl halides is 3. The maximum absolute atomic E-state index is 13.0. The number of benzene rings is 2. The molecule has 0 spiro atoms. The van der Waals surface area contributed by atoms with E-state index in [0.717, 1.165) is 17.7 Å². The highest BCUT2D eigenvalue weighted by Gasteiger charge is 2.37. The number of amides is 2. The van der Waals surface area contributed by atoms with Crippen molar-refractivity contribution in [2.75, 3.05) is 16.8 Å². The predicted octanol–water partition coefficient (Wildman–Crippen LogP) is 3.34. The van der Waals surface area contributed by atoms with Crippen molar-refractivity contribution in [2.45, 2.75) is 19.1 Å². The molecule has 1 aromatic heterocycles. The third-order valence-electron chi connectivity index (χ3n) is 5.01. The first-order valence-electron chi connectivity index (χ1n) is 9.49. The van der Waals surface area contributed by atoms with Crippen molar-refractivity contribution in [3.05, 3.63) is 72.3 Å². The van der Waals surface area contributed by atoms with Crippen LogP contribution >= 0.6 is 0 Å². The summed E-state index contributed by atoms with van der Waals surface area (Å²) in [4.78, 5) is 30.1. The van der Waals surface area contributed by atoms with Gasteiger partial charge in [0, 0.05) is 24.3 Å². The third-order valence-corrected chi connectivity index (χ3v) is 5.01. The molecule has 0 saturated carbocycles. The minimum absolute atomic E-state index is 0.0242. The lowest BCUT2D eigenvalue weighted by Gasteiger charge is -2.18. The summed E-state index contributed by atoms with van der Waals surface area (Å²) in [5, 5.41) is 6.79. The van der Waals surface area contributed by atoms with Crippen LogP contribution in [0.5, 0.6) is 0 Å². The van der Waals surface area contributed by atoms with E-state index in [1.807, 2.05) is 12.1 Å². The van der Waals surface area contributed by atoms with Crippen LogP contribution in [0.4, 0.5) is 24.5 Å². The lowest BCUT2D eigenvalue weighted by Crippen LogP contribution is -2.28. The quantitative estimate of drug-likeness (QED) is 0.675. The molecule has 160 valence electrons. The molecule has 0 bridgehead atoms. The van der Waals surface area contributed by atoms with E-state index in [1.54, 1.807) is 23.1 Å². The average Bonchev–Trinajstić information content (AvgIpc) is 3.38. The molecular formula is C21H18F3N5O2. The fourth-order valence-electron chi connectivity index (χ4n) is 3.42. The van der Waals surface area contributed by atoms with Gasteiger partial charge in [0.2, 0.25) is 11.8 Å². The Kier molecular flexibility index (Phi) is 5.45. The Morgan fingerprint density at radius 1 is 1.16 bits per heavy atom. The van der Waals surface area contributed by atoms with Crippen molar-refractivity contribution in [1.82, 2.24) is 14.8 Å². The molecular weight excluding hydrogens is 411 g/mol. The molecule has 1 atom stereocenters. The van der Waals surface area contributed by atoms with Crippen LogP contribution in [0.3, 0.4) is 0 Å². The van der Waals surface area contributed by atoms with E-state index in [2.05, 4.69) is 15.4 Å². The molecule has 1 aliphatic heterocycles. The van der Waals surface area contributed by atoms with Gasteiger partial charge in [0.1, 0.15) is 12.7 Å². The topological polar surface area (TPSA) is 80.1 Å². The van der Waals surface area contributed by atoms with E-state index < -0.39 is 17.7 Å². The van der Waals surface area contributed by atoms with Crippen molar-refractivity contribution in [1.29, 1.82) is 0 Å². The van der Waals surface area contributed by atoms with Crippen LogP contribution in [0.2, 0.25) is 0 Å². The minimum Gasteiger partial charge on any atom is -0.326 e. The number of nitrogens with one attached hydrogen (secondary N) is 1. The van der Waals surface area contributed by atoms with Gasteiger partial charge in [0.15, 0.2) is 0 Å². The zero-order valence-electron chi connectivity index (χ0n) is 16.2. The monoisotopic (exact) mass is 429 g/mol. The molecule has 10 heteroatoms. The number of hydrogen-bond donors (Lipinski definition) is 1. The van der Waals surface area contributed by atoms with Gasteiger partial charge in [-0.3, -0.25) is 9.59 Å². The van der Waals surface area contributed by atoms with Crippen molar-refractivity contribution >= 4 is 23.2 Å². The first-order chi connectivity index (χ1) is 14.8. The van der Waals surface area contributed by atoms with Crippen molar-refractivity contribution in [2.24, 2.45) is 5.92 Å². The van der Waals surface area contributed by atoms with Gasteiger partial charge >= 0.3 is 6.18 Å². The normalized spacial score (nSPS) is 16.5. The molecule has 0 radical (unpaired) electrons. The minimum atomic E-state index is -4.50. The summed E-state index contributed by atoms with van der Waals surface area (Å²) >= 11 is 0. The maximum Gasteiger partial charge on any atom is 0.416 e. The van der Waals surface area contributed by atoms with Gasteiger partial charge in [-0.2, -0.15) is 18.3 Å². The number of rotatable bonds is 5. The zero-order valence-corrected chi connectivity index (χ0v) is 16.2. The Bertz CT molecular complexity index is 1080. The summed E-state index contributed by atoms with van der Waals surface area (Å²) < 4.78 is 40.5. The second-order valence-electron chi connectivity index (χ2n) is 7.23. The Labute approximate surface area is 175 Å². The molecule has 2 heterocycles. The second-order valence-corrected chi connectivity index (χ2v) is 7.23. The van der Waals surface area contributed by atoms with Gasteiger partial charge in [0.05, 0.1) is 18.0 Å². The summed E-state index contributed by atoms with van der Waals surface area (Å²) in [7, 11) is 0. The van der Waals surface area contributed by atoms with Gasteiger partial charge in [-0.1, -0.05) is 18.2 Å². The number of aromatic nitrogens is 3. The van der Waals surface area contributed by atoms with Crippen LogP contribution in [0, 0.1) is 5.92 Å². The van der Waals surface area contributed by atoms with Gasteiger partial charge in [-0.05, 0) is 35.9 Å². The highest BCUT2D eigenvalue weighted by molar-refractivity contribution is 6.03. The smallest absolute Gasteiger partial charge is 0.326 e. The Hall–Kier alpha value is -3.69. The van der Waals surface area contributed by atoms with E-state index in [9.17, 15) is 22.8 Å². The molecule has 2 amide bonds. The van der Waals surface area contributed by atoms with Crippen LogP contribution in [0.15, 0.2) is 61.2 Å². The van der Waals surface area contributed by atoms with Gasteiger partial charge < -0.3 is 10.2 Å². The van der Waals surface area contributed by atoms with Gasteiger partial charge in [-0.15, -0.1) is 0 Å². The van der Waals surface area contributed by atoms with E-state index in [4.69, 9.17) is 0 Å². The molecule has 1 unspecified atom stereocenters. The van der Waals surface area contributed by atoms with Crippen LogP contribution < -0.4 is 10.2 Å². The van der Waals surface area contributed by atoms with Crippen LogP contribution in [-0.4, -0.2) is 33.1 Å². The lowest BCUT2D eigenvalue weighted by atomic mass is 10.1. The summed E-state index contributed by atoms with van der Waals surface area (Å²) in [5.74, 6) is -1.40. The van der Waals surface area contributed by atoms with Gasteiger partial charge in [-0.25, -0.2) is 9.67 Å². The molecule has 2 aromatic carbocycles. The Balaban J connectivity index is 1.39. The van der Waals surface area contributed by atoms with E-state index in [-0.39, 0.29) is 30.5 Å². The second kappa shape index (κ2) is 8.21. The Morgan fingerprint density at radius 2 is 1.94 bits per heavy atom. The van der Waals surface area contributed by atoms with Crippen molar-refractivity contribution in [3.63, 3.8) is 0 Å². The fraction of sp³-hybridized carbons (Fsp3) is 0.238. The van der Waals surface area contributed by atoms with Crippen LogP contribution in [-0.2, 0) is 22.3 Å². The summed E-state index contributed by atoms with van der Waals surface area (Å²) in [6.45, 7) is 0.563. The molecule has 7 nitrogen and oxygen atoms in total. The SMILES string of the molecule is O=C(Nc1ccc(Cn2cncn2)cc1)C1CC(=O)N(c2cccc(C(F)(F)F)c2)C1. The van der Waals surface area contributed by atoms with Crippen LogP contribution in [0.1, 0.15) is 17.5 Å². The number of nitrogens with zero attached hydrogens (tertiary/aromatic N) is 4. The standard InChI is InChI=1S/C21H18F3N5O2/c22-21(23,24)16-2-1-3-18(9-16)29-11-15(8-19(29)30)20(31)27-17-6-4-14(5-7-17)10-28-13-25-12-26-28/h1-7,9,12-13,15H,8,10-11H2,(H,27,31). The first kappa shape index (κ1) is 20.6. The first-order valence-corrected chi connectivity index (χ1v) is 9.49. The van der Waals surface area contributed by atoms with Crippen molar-refractivity contribution in [3.8, 4) is 0 Å². The summed E-state index contributed by atoms with van der Waals surface area (Å²) in [6.07, 6.45) is -1.52.